The van der Waals surface area contributed by atoms with Crippen molar-refractivity contribution in [2.75, 3.05) is 26.2 Å². The second-order valence-electron chi connectivity index (χ2n) is 5.77. The summed E-state index contributed by atoms with van der Waals surface area (Å²) in [5.74, 6) is 0.287. The van der Waals surface area contributed by atoms with Gasteiger partial charge in [0.15, 0.2) is 0 Å². The van der Waals surface area contributed by atoms with Gasteiger partial charge >= 0.3 is 0 Å². The summed E-state index contributed by atoms with van der Waals surface area (Å²) in [5, 5.41) is 0. The summed E-state index contributed by atoms with van der Waals surface area (Å²) in [6.07, 6.45) is 1.48. The normalized spacial score (nSPS) is 15.4. The lowest BCUT2D eigenvalue weighted by Crippen LogP contribution is -2.50. The van der Waals surface area contributed by atoms with E-state index in [9.17, 15) is 9.59 Å². The molecule has 0 saturated carbocycles. The minimum atomic E-state index is 0.0822. The molecule has 0 radical (unpaired) electrons. The molecular weight excluding hydrogens is 266 g/mol. The van der Waals surface area contributed by atoms with Crippen molar-refractivity contribution in [2.45, 2.75) is 33.6 Å². The summed E-state index contributed by atoms with van der Waals surface area (Å²) in [7, 11) is 1.98. The molecule has 0 aromatic carbocycles. The average Bonchev–Trinajstić information content (AvgIpc) is 2.74. The molecule has 116 valence electrons. The molecule has 21 heavy (non-hydrogen) atoms. The summed E-state index contributed by atoms with van der Waals surface area (Å²) >= 11 is 0. The second-order valence-corrected chi connectivity index (χ2v) is 5.77. The van der Waals surface area contributed by atoms with Gasteiger partial charge in [-0.15, -0.1) is 0 Å². The number of hydrogen-bond acceptors (Lipinski definition) is 2. The van der Waals surface area contributed by atoms with Crippen LogP contribution in [0, 0.1) is 13.8 Å². The molecule has 1 saturated heterocycles. The topological polar surface area (TPSA) is 45.6 Å². The van der Waals surface area contributed by atoms with Crippen molar-refractivity contribution < 1.29 is 9.59 Å². The Morgan fingerprint density at radius 3 is 2.14 bits per heavy atom. The van der Waals surface area contributed by atoms with Crippen LogP contribution in [0.4, 0.5) is 0 Å². The van der Waals surface area contributed by atoms with Gasteiger partial charge in [-0.3, -0.25) is 9.59 Å². The molecule has 5 heteroatoms. The maximum atomic E-state index is 12.6. The fourth-order valence-electron chi connectivity index (χ4n) is 2.77. The van der Waals surface area contributed by atoms with Crippen LogP contribution in [-0.2, 0) is 11.8 Å². The van der Waals surface area contributed by atoms with Crippen molar-refractivity contribution in [3.63, 3.8) is 0 Å². The van der Waals surface area contributed by atoms with E-state index in [0.717, 1.165) is 23.4 Å². The first-order chi connectivity index (χ1) is 9.95. The lowest BCUT2D eigenvalue weighted by molar-refractivity contribution is -0.132. The predicted molar refractivity (Wildman–Crippen MR) is 82.3 cm³/mol. The molecule has 0 bridgehead atoms. The fraction of sp³-hybridized carbons (Fsp3) is 0.625. The third-order valence-electron chi connectivity index (χ3n) is 4.39. The number of aromatic nitrogens is 1. The summed E-state index contributed by atoms with van der Waals surface area (Å²) in [4.78, 5) is 28.2. The van der Waals surface area contributed by atoms with E-state index in [1.165, 1.54) is 0 Å². The van der Waals surface area contributed by atoms with Crippen molar-refractivity contribution in [3.05, 3.63) is 23.0 Å². The van der Waals surface area contributed by atoms with E-state index in [2.05, 4.69) is 0 Å². The summed E-state index contributed by atoms with van der Waals surface area (Å²) in [6.45, 7) is 8.54. The Hall–Kier alpha value is -1.78. The van der Waals surface area contributed by atoms with Gasteiger partial charge in [0.25, 0.3) is 5.91 Å². The number of aryl methyl sites for hydroxylation is 1. The highest BCUT2D eigenvalue weighted by molar-refractivity contribution is 5.96. The van der Waals surface area contributed by atoms with Crippen molar-refractivity contribution in [3.8, 4) is 0 Å². The van der Waals surface area contributed by atoms with Crippen molar-refractivity contribution in [1.29, 1.82) is 0 Å². The number of hydrogen-bond donors (Lipinski definition) is 0. The van der Waals surface area contributed by atoms with Crippen LogP contribution in [0.2, 0.25) is 0 Å². The molecule has 0 spiro atoms. The standard InChI is InChI=1S/C16H25N3O2/c1-5-6-15(20)18-7-9-19(10-8-18)16(21)14-11-12(2)17(4)13(14)3/h11H,5-10H2,1-4H3. The highest BCUT2D eigenvalue weighted by Crippen LogP contribution is 2.17. The van der Waals surface area contributed by atoms with Crippen molar-refractivity contribution >= 4 is 11.8 Å². The zero-order valence-electron chi connectivity index (χ0n) is 13.5. The zero-order valence-corrected chi connectivity index (χ0v) is 13.5. The quantitative estimate of drug-likeness (QED) is 0.851. The maximum absolute atomic E-state index is 12.6. The summed E-state index contributed by atoms with van der Waals surface area (Å²) in [6, 6.07) is 1.95. The van der Waals surface area contributed by atoms with E-state index < -0.39 is 0 Å². The number of piperazine rings is 1. The van der Waals surface area contributed by atoms with Gasteiger partial charge < -0.3 is 14.4 Å². The molecule has 1 aliphatic heterocycles. The average molecular weight is 291 g/mol. The molecule has 2 rings (SSSR count). The van der Waals surface area contributed by atoms with Gasteiger partial charge in [-0.1, -0.05) is 6.92 Å². The number of nitrogens with zero attached hydrogens (tertiary/aromatic N) is 3. The molecule has 0 atom stereocenters. The first-order valence-electron chi connectivity index (χ1n) is 7.65. The minimum absolute atomic E-state index is 0.0822. The Morgan fingerprint density at radius 2 is 1.67 bits per heavy atom. The third-order valence-corrected chi connectivity index (χ3v) is 4.39. The predicted octanol–water partition coefficient (Wildman–Crippen LogP) is 1.73. The monoisotopic (exact) mass is 291 g/mol. The van der Waals surface area contributed by atoms with Gasteiger partial charge in [0, 0.05) is 51.0 Å². The van der Waals surface area contributed by atoms with Gasteiger partial charge in [-0.25, -0.2) is 0 Å². The Kier molecular flexibility index (Phi) is 4.70. The van der Waals surface area contributed by atoms with E-state index in [4.69, 9.17) is 0 Å². The van der Waals surface area contributed by atoms with Crippen LogP contribution in [0.25, 0.3) is 0 Å². The van der Waals surface area contributed by atoms with E-state index >= 15 is 0 Å². The van der Waals surface area contributed by atoms with Crippen LogP contribution in [0.15, 0.2) is 6.07 Å². The van der Waals surface area contributed by atoms with Crippen LogP contribution < -0.4 is 0 Å². The van der Waals surface area contributed by atoms with E-state index in [1.807, 2.05) is 48.3 Å². The number of rotatable bonds is 3. The molecule has 2 heterocycles. The van der Waals surface area contributed by atoms with E-state index in [0.29, 0.717) is 32.6 Å². The third kappa shape index (κ3) is 3.12. The van der Waals surface area contributed by atoms with E-state index in [-0.39, 0.29) is 11.8 Å². The Balaban J connectivity index is 2.00. The summed E-state index contributed by atoms with van der Waals surface area (Å²) < 4.78 is 2.04. The number of carbonyl (C=O) groups excluding carboxylic acids is 2. The van der Waals surface area contributed by atoms with Gasteiger partial charge in [0.2, 0.25) is 5.91 Å². The lowest BCUT2D eigenvalue weighted by atomic mass is 10.2. The molecule has 1 fully saturated rings. The highest BCUT2D eigenvalue weighted by atomic mass is 16.2. The zero-order chi connectivity index (χ0) is 15.6. The Bertz CT molecular complexity index is 540. The largest absolute Gasteiger partial charge is 0.351 e. The SMILES string of the molecule is CCCC(=O)N1CCN(C(=O)c2cc(C)n(C)c2C)CC1. The van der Waals surface area contributed by atoms with Crippen LogP contribution in [0.5, 0.6) is 0 Å². The van der Waals surface area contributed by atoms with Crippen LogP contribution >= 0.6 is 0 Å². The molecule has 2 amide bonds. The number of amides is 2. The van der Waals surface area contributed by atoms with Crippen LogP contribution in [0.3, 0.4) is 0 Å². The molecule has 1 aliphatic rings. The maximum Gasteiger partial charge on any atom is 0.255 e. The molecular formula is C16H25N3O2. The Morgan fingerprint density at radius 1 is 1.10 bits per heavy atom. The molecule has 0 aliphatic carbocycles. The fourth-order valence-corrected chi connectivity index (χ4v) is 2.77. The molecule has 0 unspecified atom stereocenters. The first kappa shape index (κ1) is 15.6. The van der Waals surface area contributed by atoms with Crippen LogP contribution in [-0.4, -0.2) is 52.4 Å². The first-order valence-corrected chi connectivity index (χ1v) is 7.65. The molecule has 1 aromatic heterocycles. The van der Waals surface area contributed by atoms with Crippen LogP contribution in [0.1, 0.15) is 41.5 Å². The van der Waals surface area contributed by atoms with Gasteiger partial charge in [-0.05, 0) is 26.3 Å². The smallest absolute Gasteiger partial charge is 0.255 e. The minimum Gasteiger partial charge on any atom is -0.351 e. The van der Waals surface area contributed by atoms with Crippen molar-refractivity contribution in [1.82, 2.24) is 14.4 Å². The second kappa shape index (κ2) is 6.33. The summed E-state index contributed by atoms with van der Waals surface area (Å²) in [5.41, 5.74) is 2.87. The Labute approximate surface area is 126 Å². The van der Waals surface area contributed by atoms with E-state index in [1.54, 1.807) is 0 Å². The molecule has 1 aromatic rings. The molecule has 0 N–H and O–H groups in total. The van der Waals surface area contributed by atoms with Gasteiger partial charge in [0.05, 0.1) is 5.56 Å². The van der Waals surface area contributed by atoms with Gasteiger partial charge in [-0.2, -0.15) is 0 Å². The number of carbonyl (C=O) groups is 2. The lowest BCUT2D eigenvalue weighted by Gasteiger charge is -2.34. The van der Waals surface area contributed by atoms with Gasteiger partial charge in [0.1, 0.15) is 0 Å². The highest BCUT2D eigenvalue weighted by Gasteiger charge is 2.26. The van der Waals surface area contributed by atoms with Crippen molar-refractivity contribution in [2.24, 2.45) is 7.05 Å². The molecule has 5 nitrogen and oxygen atoms in total.